The van der Waals surface area contributed by atoms with E-state index in [-0.39, 0.29) is 11.9 Å². The molecule has 1 amide bonds. The van der Waals surface area contributed by atoms with Gasteiger partial charge in [-0.25, -0.2) is 19.6 Å². The van der Waals surface area contributed by atoms with Crippen molar-refractivity contribution < 1.29 is 4.79 Å². The van der Waals surface area contributed by atoms with E-state index in [2.05, 4.69) is 32.6 Å². The molecule has 1 atom stereocenters. The number of nitrogens with one attached hydrogen (secondary N) is 1. The molecule has 0 saturated heterocycles. The topological polar surface area (TPSA) is 134 Å². The largest absolute Gasteiger partial charge is 0.383 e. The number of benzene rings is 1. The van der Waals surface area contributed by atoms with E-state index in [1.807, 2.05) is 47.2 Å². The van der Waals surface area contributed by atoms with Crippen molar-refractivity contribution in [1.82, 2.24) is 44.4 Å². The molecule has 5 heterocycles. The molecule has 6 aromatic rings. The Morgan fingerprint density at radius 1 is 1.08 bits per heavy atom. The van der Waals surface area contributed by atoms with Crippen LogP contribution in [0, 0.1) is 0 Å². The maximum atomic E-state index is 12.8. The number of nitrogens with zero attached hydrogens (tertiary/aromatic N) is 8. The Morgan fingerprint density at radius 3 is 2.79 bits per heavy atom. The van der Waals surface area contributed by atoms with Gasteiger partial charge < -0.3 is 11.1 Å². The summed E-state index contributed by atoms with van der Waals surface area (Å²) in [6, 6.07) is 15.6. The van der Waals surface area contributed by atoms with E-state index < -0.39 is 0 Å². The van der Waals surface area contributed by atoms with E-state index >= 15 is 0 Å². The van der Waals surface area contributed by atoms with Crippen LogP contribution in [0.3, 0.4) is 0 Å². The van der Waals surface area contributed by atoms with Crippen molar-refractivity contribution in [1.29, 1.82) is 0 Å². The van der Waals surface area contributed by atoms with Crippen LogP contribution in [-0.2, 0) is 13.5 Å². The number of rotatable bonds is 5. The van der Waals surface area contributed by atoms with Gasteiger partial charge in [0.1, 0.15) is 11.3 Å². The Labute approximate surface area is 223 Å². The van der Waals surface area contributed by atoms with E-state index in [1.54, 1.807) is 41.2 Å². The molecule has 1 aliphatic rings. The minimum atomic E-state index is -0.129. The second-order valence-corrected chi connectivity index (χ2v) is 9.52. The van der Waals surface area contributed by atoms with Crippen LogP contribution in [-0.4, -0.2) is 45.0 Å². The molecule has 7 rings (SSSR count). The molecule has 0 saturated carbocycles. The maximum absolute atomic E-state index is 12.8. The normalized spacial score (nSPS) is 14.5. The van der Waals surface area contributed by atoms with Crippen LogP contribution in [0.5, 0.6) is 0 Å². The molecule has 0 aliphatic heterocycles. The summed E-state index contributed by atoms with van der Waals surface area (Å²) in [5, 5.41) is 11.6. The van der Waals surface area contributed by atoms with Crippen molar-refractivity contribution in [2.75, 3.05) is 5.73 Å². The van der Waals surface area contributed by atoms with Crippen molar-refractivity contribution >= 4 is 22.9 Å². The molecule has 5 aromatic heterocycles. The first kappa shape index (κ1) is 22.8. The summed E-state index contributed by atoms with van der Waals surface area (Å²) >= 11 is 0. The van der Waals surface area contributed by atoms with Crippen molar-refractivity contribution in [3.05, 3.63) is 96.2 Å². The van der Waals surface area contributed by atoms with Gasteiger partial charge in [0.25, 0.3) is 5.91 Å². The first-order chi connectivity index (χ1) is 19.0. The third-order valence-corrected chi connectivity index (χ3v) is 7.04. The fourth-order valence-electron chi connectivity index (χ4n) is 5.18. The molecule has 11 nitrogen and oxygen atoms in total. The predicted octanol–water partition coefficient (Wildman–Crippen LogP) is 3.40. The minimum absolute atomic E-state index is 0.0701. The van der Waals surface area contributed by atoms with Crippen LogP contribution in [0.15, 0.2) is 79.5 Å². The standard InChI is InChI=1S/C28H24N10O/c1-36-16-18(15-32-36)28(39)34-22-8-5-17-14-19(6-7-20(17)22)38-26(21-4-2-11-30-25(21)29)33-23-9-10-24(35-27(23)38)37-13-3-12-31-37/h2-4,6-7,9-16,22H,5,8H2,1H3,(H2,29,30)(H,34,39)/t22-/m0/s1. The average Bonchev–Trinajstić information content (AvgIpc) is 3.75. The van der Waals surface area contributed by atoms with E-state index in [4.69, 9.17) is 15.7 Å². The Kier molecular flexibility index (Phi) is 5.22. The maximum Gasteiger partial charge on any atom is 0.254 e. The summed E-state index contributed by atoms with van der Waals surface area (Å²) in [5.41, 5.74) is 12.1. The second kappa shape index (κ2) is 8.91. The SMILES string of the molecule is Cn1cc(C(=O)N[C@H]2CCc3cc(-n4c(-c5cccnc5N)nc5ccc(-n6cccn6)nc54)ccc32)cn1. The molecule has 1 aliphatic carbocycles. The number of amides is 1. The van der Waals surface area contributed by atoms with Crippen molar-refractivity contribution in [2.24, 2.45) is 7.05 Å². The van der Waals surface area contributed by atoms with Gasteiger partial charge in [-0.1, -0.05) is 6.07 Å². The molecule has 0 fully saturated rings. The zero-order chi connectivity index (χ0) is 26.5. The molecular weight excluding hydrogens is 492 g/mol. The number of aryl methyl sites for hydroxylation is 2. The number of pyridine rings is 2. The molecule has 0 spiro atoms. The highest BCUT2D eigenvalue weighted by atomic mass is 16.1. The van der Waals surface area contributed by atoms with Crippen LogP contribution in [0.2, 0.25) is 0 Å². The molecule has 39 heavy (non-hydrogen) atoms. The highest BCUT2D eigenvalue weighted by Crippen LogP contribution is 2.36. The molecule has 0 unspecified atom stereocenters. The van der Waals surface area contributed by atoms with Gasteiger partial charge in [0, 0.05) is 37.5 Å². The van der Waals surface area contributed by atoms with Gasteiger partial charge in [-0.3, -0.25) is 14.0 Å². The first-order valence-electron chi connectivity index (χ1n) is 12.6. The van der Waals surface area contributed by atoms with Crippen LogP contribution in [0.25, 0.3) is 34.1 Å². The number of aromatic nitrogens is 8. The van der Waals surface area contributed by atoms with Gasteiger partial charge in [-0.05, 0) is 66.4 Å². The minimum Gasteiger partial charge on any atom is -0.383 e. The van der Waals surface area contributed by atoms with Crippen molar-refractivity contribution in [3.63, 3.8) is 0 Å². The van der Waals surface area contributed by atoms with Gasteiger partial charge in [-0.2, -0.15) is 10.2 Å². The quantitative estimate of drug-likeness (QED) is 0.359. The van der Waals surface area contributed by atoms with Gasteiger partial charge in [0.15, 0.2) is 17.3 Å². The molecule has 192 valence electrons. The summed E-state index contributed by atoms with van der Waals surface area (Å²) in [6.45, 7) is 0. The van der Waals surface area contributed by atoms with Crippen LogP contribution >= 0.6 is 0 Å². The molecular formula is C28H24N10O. The zero-order valence-corrected chi connectivity index (χ0v) is 21.1. The van der Waals surface area contributed by atoms with Crippen molar-refractivity contribution in [3.8, 4) is 22.9 Å². The molecule has 1 aromatic carbocycles. The number of fused-ring (bicyclic) bond motifs is 2. The van der Waals surface area contributed by atoms with Gasteiger partial charge in [-0.15, -0.1) is 0 Å². The number of nitrogen functional groups attached to an aromatic ring is 1. The summed E-state index contributed by atoms with van der Waals surface area (Å²) in [4.78, 5) is 26.9. The Morgan fingerprint density at radius 2 is 2.00 bits per heavy atom. The fraction of sp³-hybridized carbons (Fsp3) is 0.143. The molecule has 3 N–H and O–H groups in total. The first-order valence-corrected chi connectivity index (χ1v) is 12.6. The number of carbonyl (C=O) groups excluding carboxylic acids is 1. The lowest BCUT2D eigenvalue weighted by atomic mass is 10.1. The van der Waals surface area contributed by atoms with E-state index in [0.29, 0.717) is 28.7 Å². The molecule has 11 heteroatoms. The fourth-order valence-corrected chi connectivity index (χ4v) is 5.18. The highest BCUT2D eigenvalue weighted by Gasteiger charge is 2.26. The lowest BCUT2D eigenvalue weighted by Gasteiger charge is -2.15. The Hall–Kier alpha value is -5.32. The van der Waals surface area contributed by atoms with Gasteiger partial charge >= 0.3 is 0 Å². The number of nitrogens with two attached hydrogens (primary N) is 1. The number of anilines is 1. The van der Waals surface area contributed by atoms with Crippen LogP contribution < -0.4 is 11.1 Å². The number of imidazole rings is 1. The van der Waals surface area contributed by atoms with E-state index in [1.165, 1.54) is 5.56 Å². The third-order valence-electron chi connectivity index (χ3n) is 7.04. The second-order valence-electron chi connectivity index (χ2n) is 9.52. The van der Waals surface area contributed by atoms with E-state index in [9.17, 15) is 4.79 Å². The van der Waals surface area contributed by atoms with Crippen LogP contribution in [0.4, 0.5) is 5.82 Å². The smallest absolute Gasteiger partial charge is 0.254 e. The lowest BCUT2D eigenvalue weighted by Crippen LogP contribution is -2.26. The average molecular weight is 517 g/mol. The summed E-state index contributed by atoms with van der Waals surface area (Å²) in [5.74, 6) is 1.59. The number of carbonyl (C=O) groups is 1. The monoisotopic (exact) mass is 516 g/mol. The van der Waals surface area contributed by atoms with Gasteiger partial charge in [0.05, 0.1) is 23.4 Å². The van der Waals surface area contributed by atoms with Crippen molar-refractivity contribution in [2.45, 2.75) is 18.9 Å². The number of hydrogen-bond acceptors (Lipinski definition) is 7. The van der Waals surface area contributed by atoms with E-state index in [0.717, 1.165) is 35.2 Å². The Bertz CT molecular complexity index is 1850. The molecule has 0 bridgehead atoms. The highest BCUT2D eigenvalue weighted by molar-refractivity contribution is 5.94. The summed E-state index contributed by atoms with van der Waals surface area (Å²) in [7, 11) is 1.79. The van der Waals surface area contributed by atoms with Crippen LogP contribution in [0.1, 0.15) is 33.9 Å². The lowest BCUT2D eigenvalue weighted by molar-refractivity contribution is 0.0936. The summed E-state index contributed by atoms with van der Waals surface area (Å²) in [6.07, 6.45) is 10.2. The zero-order valence-electron chi connectivity index (χ0n) is 21.1. The third kappa shape index (κ3) is 3.91. The number of hydrogen-bond donors (Lipinski definition) is 2. The molecule has 0 radical (unpaired) electrons. The van der Waals surface area contributed by atoms with Gasteiger partial charge in [0.2, 0.25) is 0 Å². The predicted molar refractivity (Wildman–Crippen MR) is 145 cm³/mol. The Balaban J connectivity index is 1.32. The summed E-state index contributed by atoms with van der Waals surface area (Å²) < 4.78 is 5.35.